The molecule has 0 fully saturated rings. The van der Waals surface area contributed by atoms with Crippen molar-refractivity contribution < 1.29 is 9.53 Å². The van der Waals surface area contributed by atoms with Gasteiger partial charge in [0.2, 0.25) is 0 Å². The van der Waals surface area contributed by atoms with Gasteiger partial charge in [0.25, 0.3) is 5.91 Å². The zero-order valence-corrected chi connectivity index (χ0v) is 14.6. The molecule has 0 bridgehead atoms. The third-order valence-electron chi connectivity index (χ3n) is 4.02. The summed E-state index contributed by atoms with van der Waals surface area (Å²) >= 11 is 1.38. The monoisotopic (exact) mass is 365 g/mol. The number of amides is 1. The van der Waals surface area contributed by atoms with Crippen molar-refractivity contribution in [3.63, 3.8) is 0 Å². The van der Waals surface area contributed by atoms with Gasteiger partial charge in [-0.2, -0.15) is 0 Å². The van der Waals surface area contributed by atoms with E-state index in [1.165, 1.54) is 11.3 Å². The Morgan fingerprint density at radius 2 is 1.77 bits per heavy atom. The highest BCUT2D eigenvalue weighted by Crippen LogP contribution is 2.28. The number of nitrogens with one attached hydrogen (secondary N) is 3. The fourth-order valence-corrected chi connectivity index (χ4v) is 3.50. The third-order valence-corrected chi connectivity index (χ3v) is 4.95. The Labute approximate surface area is 152 Å². The van der Waals surface area contributed by atoms with Crippen LogP contribution in [0.15, 0.2) is 58.7 Å². The van der Waals surface area contributed by atoms with E-state index in [1.54, 1.807) is 25.3 Å². The molecule has 2 aromatic heterocycles. The van der Waals surface area contributed by atoms with E-state index in [1.807, 2.05) is 35.7 Å². The van der Waals surface area contributed by atoms with Gasteiger partial charge in [-0.05, 0) is 52.9 Å². The van der Waals surface area contributed by atoms with E-state index in [0.29, 0.717) is 21.6 Å². The maximum atomic E-state index is 12.5. The molecule has 0 saturated heterocycles. The van der Waals surface area contributed by atoms with Crippen molar-refractivity contribution in [3.8, 4) is 16.9 Å². The van der Waals surface area contributed by atoms with Crippen LogP contribution in [0.5, 0.6) is 5.75 Å². The van der Waals surface area contributed by atoms with Gasteiger partial charge in [-0.25, -0.2) is 4.79 Å². The number of imidazole rings is 1. The van der Waals surface area contributed by atoms with Crippen LogP contribution < -0.4 is 15.7 Å². The van der Waals surface area contributed by atoms with Crippen molar-refractivity contribution in [2.45, 2.75) is 0 Å². The summed E-state index contributed by atoms with van der Waals surface area (Å²) in [5, 5.41) is 4.81. The van der Waals surface area contributed by atoms with Crippen molar-refractivity contribution in [2.24, 2.45) is 0 Å². The number of H-pyrrole nitrogens is 2. The predicted molar refractivity (Wildman–Crippen MR) is 103 cm³/mol. The number of fused-ring (bicyclic) bond motifs is 1. The minimum absolute atomic E-state index is 0.188. The minimum atomic E-state index is -0.272. The number of carbonyl (C=O) groups excluding carboxylic acids is 1. The van der Waals surface area contributed by atoms with Crippen molar-refractivity contribution in [1.29, 1.82) is 0 Å². The van der Waals surface area contributed by atoms with Crippen LogP contribution in [0.3, 0.4) is 0 Å². The number of hydrogen-bond donors (Lipinski definition) is 3. The van der Waals surface area contributed by atoms with Crippen molar-refractivity contribution >= 4 is 34.0 Å². The van der Waals surface area contributed by atoms with Gasteiger partial charge in [-0.3, -0.25) is 4.79 Å². The maximum absolute atomic E-state index is 12.5. The molecular weight excluding hydrogens is 350 g/mol. The molecule has 0 aliphatic heterocycles. The van der Waals surface area contributed by atoms with Crippen LogP contribution in [0.25, 0.3) is 22.2 Å². The Kier molecular flexibility index (Phi) is 4.06. The SMILES string of the molecule is COc1ccc(-c2csc(C(=O)Nc3ccc4[nH]c(=O)[nH]c4c3)c2)cc1. The number of carbonyl (C=O) groups is 1. The minimum Gasteiger partial charge on any atom is -0.497 e. The smallest absolute Gasteiger partial charge is 0.323 e. The van der Waals surface area contributed by atoms with Gasteiger partial charge in [-0.1, -0.05) is 12.1 Å². The van der Waals surface area contributed by atoms with Crippen molar-refractivity contribution in [1.82, 2.24) is 9.97 Å². The largest absolute Gasteiger partial charge is 0.497 e. The fraction of sp³-hybridized carbons (Fsp3) is 0.0526. The Balaban J connectivity index is 1.54. The fourth-order valence-electron chi connectivity index (χ4n) is 2.69. The number of aromatic nitrogens is 2. The molecule has 0 aliphatic carbocycles. The number of anilines is 1. The summed E-state index contributed by atoms with van der Waals surface area (Å²) in [4.78, 5) is 29.8. The van der Waals surface area contributed by atoms with Gasteiger partial charge in [0.05, 0.1) is 23.0 Å². The lowest BCUT2D eigenvalue weighted by molar-refractivity contribution is 0.103. The zero-order valence-electron chi connectivity index (χ0n) is 13.8. The summed E-state index contributed by atoms with van der Waals surface area (Å²) in [5.74, 6) is 0.604. The second-order valence-corrected chi connectivity index (χ2v) is 6.63. The summed E-state index contributed by atoms with van der Waals surface area (Å²) in [6.07, 6.45) is 0. The zero-order chi connectivity index (χ0) is 18.1. The van der Waals surface area contributed by atoms with Gasteiger partial charge in [0.15, 0.2) is 0 Å². The number of rotatable bonds is 4. The van der Waals surface area contributed by atoms with E-state index < -0.39 is 0 Å². The average molecular weight is 365 g/mol. The summed E-state index contributed by atoms with van der Waals surface area (Å²) in [5.41, 5.74) is 3.70. The summed E-state index contributed by atoms with van der Waals surface area (Å²) < 4.78 is 5.16. The molecule has 4 aromatic rings. The summed E-state index contributed by atoms with van der Waals surface area (Å²) in [6, 6.07) is 14.8. The number of thiophene rings is 1. The molecule has 7 heteroatoms. The number of benzene rings is 2. The Bertz CT molecular complexity index is 1140. The molecule has 0 spiro atoms. The molecule has 0 atom stereocenters. The second-order valence-electron chi connectivity index (χ2n) is 5.72. The van der Waals surface area contributed by atoms with Crippen molar-refractivity contribution in [3.05, 3.63) is 69.3 Å². The second kappa shape index (κ2) is 6.53. The molecular formula is C19H15N3O3S. The van der Waals surface area contributed by atoms with Crippen LogP contribution in [-0.2, 0) is 0 Å². The van der Waals surface area contributed by atoms with Gasteiger partial charge in [0, 0.05) is 5.69 Å². The van der Waals surface area contributed by atoms with Crippen LogP contribution in [0.1, 0.15) is 9.67 Å². The quantitative estimate of drug-likeness (QED) is 0.513. The molecule has 4 rings (SSSR count). The van der Waals surface area contributed by atoms with Crippen LogP contribution in [0.4, 0.5) is 5.69 Å². The molecule has 0 unspecified atom stereocenters. The third kappa shape index (κ3) is 3.12. The van der Waals surface area contributed by atoms with E-state index in [-0.39, 0.29) is 11.6 Å². The van der Waals surface area contributed by atoms with E-state index >= 15 is 0 Å². The Morgan fingerprint density at radius 3 is 2.54 bits per heavy atom. The van der Waals surface area contributed by atoms with Crippen LogP contribution in [0, 0.1) is 0 Å². The van der Waals surface area contributed by atoms with Gasteiger partial charge in [0.1, 0.15) is 5.75 Å². The Morgan fingerprint density at radius 1 is 1.00 bits per heavy atom. The van der Waals surface area contributed by atoms with Gasteiger partial charge >= 0.3 is 5.69 Å². The summed E-state index contributed by atoms with van der Waals surface area (Å²) in [6.45, 7) is 0. The predicted octanol–water partition coefficient (Wildman–Crippen LogP) is 3.85. The van der Waals surface area contributed by atoms with Crippen LogP contribution in [0.2, 0.25) is 0 Å². The van der Waals surface area contributed by atoms with E-state index in [4.69, 9.17) is 4.74 Å². The highest BCUT2D eigenvalue weighted by atomic mass is 32.1. The number of hydrogen-bond acceptors (Lipinski definition) is 4. The lowest BCUT2D eigenvalue weighted by Gasteiger charge is -2.03. The standard InChI is InChI=1S/C19H15N3O3S/c1-25-14-5-2-11(3-6-14)12-8-17(26-10-12)18(23)20-13-4-7-15-16(9-13)22-19(24)21-15/h2-10H,1H3,(H,20,23)(H2,21,22,24). The molecule has 0 radical (unpaired) electrons. The lowest BCUT2D eigenvalue weighted by atomic mass is 10.1. The summed E-state index contributed by atoms with van der Waals surface area (Å²) in [7, 11) is 1.63. The maximum Gasteiger partial charge on any atom is 0.323 e. The molecule has 6 nitrogen and oxygen atoms in total. The molecule has 26 heavy (non-hydrogen) atoms. The van der Waals surface area contributed by atoms with Gasteiger partial charge < -0.3 is 20.0 Å². The molecule has 2 aromatic carbocycles. The van der Waals surface area contributed by atoms with E-state index in [0.717, 1.165) is 16.9 Å². The molecule has 0 aliphatic rings. The molecule has 3 N–H and O–H groups in total. The number of methoxy groups -OCH3 is 1. The highest BCUT2D eigenvalue weighted by molar-refractivity contribution is 7.12. The molecule has 2 heterocycles. The highest BCUT2D eigenvalue weighted by Gasteiger charge is 2.11. The number of ether oxygens (including phenoxy) is 1. The first-order valence-electron chi connectivity index (χ1n) is 7.89. The first-order valence-corrected chi connectivity index (χ1v) is 8.77. The first-order chi connectivity index (χ1) is 12.6. The average Bonchev–Trinajstić information content (AvgIpc) is 3.27. The topological polar surface area (TPSA) is 87.0 Å². The Hall–Kier alpha value is -3.32. The first kappa shape index (κ1) is 16.2. The molecule has 130 valence electrons. The normalized spacial score (nSPS) is 10.8. The van der Waals surface area contributed by atoms with Gasteiger partial charge in [-0.15, -0.1) is 11.3 Å². The lowest BCUT2D eigenvalue weighted by Crippen LogP contribution is -2.09. The molecule has 0 saturated carbocycles. The van der Waals surface area contributed by atoms with Crippen LogP contribution in [-0.4, -0.2) is 23.0 Å². The number of aromatic amines is 2. The van der Waals surface area contributed by atoms with Crippen LogP contribution >= 0.6 is 11.3 Å². The molecule has 1 amide bonds. The van der Waals surface area contributed by atoms with E-state index in [9.17, 15) is 9.59 Å². The van der Waals surface area contributed by atoms with Crippen molar-refractivity contribution in [2.75, 3.05) is 12.4 Å². The van der Waals surface area contributed by atoms with E-state index in [2.05, 4.69) is 15.3 Å².